The monoisotopic (exact) mass is 327 g/mol. The van der Waals surface area contributed by atoms with Crippen molar-refractivity contribution < 1.29 is 9.53 Å². The second kappa shape index (κ2) is 5.88. The number of nitrogens with two attached hydrogens (primary N) is 1. The summed E-state index contributed by atoms with van der Waals surface area (Å²) >= 11 is 3.31. The molecule has 1 aromatic rings. The fraction of sp³-hybridized carbons (Fsp3) is 0.538. The van der Waals surface area contributed by atoms with Gasteiger partial charge in [0.2, 0.25) is 0 Å². The largest absolute Gasteiger partial charge is 0.383 e. The summed E-state index contributed by atoms with van der Waals surface area (Å²) in [7, 11) is 1.68. The SMILES string of the molecule is COC1CN(C(=O)c2cc(Br)cnc2N)CCC1C. The van der Waals surface area contributed by atoms with E-state index in [1.54, 1.807) is 24.3 Å². The molecule has 0 aliphatic carbocycles. The van der Waals surface area contributed by atoms with Gasteiger partial charge < -0.3 is 15.4 Å². The summed E-state index contributed by atoms with van der Waals surface area (Å²) < 4.78 is 6.17. The number of carbonyl (C=O) groups excluding carboxylic acids is 1. The molecule has 6 heteroatoms. The molecule has 19 heavy (non-hydrogen) atoms. The van der Waals surface area contributed by atoms with Gasteiger partial charge in [0.15, 0.2) is 0 Å². The summed E-state index contributed by atoms with van der Waals surface area (Å²) in [5.41, 5.74) is 6.22. The van der Waals surface area contributed by atoms with Crippen molar-refractivity contribution in [1.29, 1.82) is 0 Å². The van der Waals surface area contributed by atoms with Crippen LogP contribution in [-0.4, -0.2) is 42.1 Å². The number of pyridine rings is 1. The maximum Gasteiger partial charge on any atom is 0.257 e. The van der Waals surface area contributed by atoms with Gasteiger partial charge in [-0.1, -0.05) is 6.92 Å². The van der Waals surface area contributed by atoms with Gasteiger partial charge in [-0.3, -0.25) is 4.79 Å². The highest BCUT2D eigenvalue weighted by Gasteiger charge is 2.30. The van der Waals surface area contributed by atoms with Crippen LogP contribution in [0.3, 0.4) is 0 Å². The number of aromatic nitrogens is 1. The van der Waals surface area contributed by atoms with E-state index in [4.69, 9.17) is 10.5 Å². The summed E-state index contributed by atoms with van der Waals surface area (Å²) in [6.45, 7) is 3.47. The van der Waals surface area contributed by atoms with Crippen LogP contribution < -0.4 is 5.73 Å². The molecule has 2 N–H and O–H groups in total. The highest BCUT2D eigenvalue weighted by Crippen LogP contribution is 2.23. The van der Waals surface area contributed by atoms with Crippen molar-refractivity contribution >= 4 is 27.7 Å². The number of anilines is 1. The Kier molecular flexibility index (Phi) is 4.42. The first-order valence-electron chi connectivity index (χ1n) is 6.26. The highest BCUT2D eigenvalue weighted by atomic mass is 79.9. The number of hydrogen-bond acceptors (Lipinski definition) is 4. The van der Waals surface area contributed by atoms with Crippen molar-refractivity contribution in [2.75, 3.05) is 25.9 Å². The Morgan fingerprint density at radius 1 is 1.63 bits per heavy atom. The lowest BCUT2D eigenvalue weighted by molar-refractivity contribution is -0.00154. The number of carbonyl (C=O) groups is 1. The van der Waals surface area contributed by atoms with E-state index in [0.29, 0.717) is 18.0 Å². The Balaban J connectivity index is 2.18. The van der Waals surface area contributed by atoms with Crippen LogP contribution in [0.2, 0.25) is 0 Å². The lowest BCUT2D eigenvalue weighted by Gasteiger charge is -2.36. The molecular formula is C13H18BrN3O2. The minimum Gasteiger partial charge on any atom is -0.383 e. The Bertz CT molecular complexity index is 481. The third-order valence-corrected chi connectivity index (χ3v) is 4.03. The Hall–Kier alpha value is -1.14. The van der Waals surface area contributed by atoms with Gasteiger partial charge in [0, 0.05) is 30.9 Å². The van der Waals surface area contributed by atoms with Crippen molar-refractivity contribution in [2.45, 2.75) is 19.4 Å². The summed E-state index contributed by atoms with van der Waals surface area (Å²) in [5, 5.41) is 0. The van der Waals surface area contributed by atoms with Crippen molar-refractivity contribution in [2.24, 2.45) is 5.92 Å². The molecule has 1 saturated heterocycles. The van der Waals surface area contributed by atoms with Gasteiger partial charge >= 0.3 is 0 Å². The summed E-state index contributed by atoms with van der Waals surface area (Å²) in [4.78, 5) is 18.3. The number of rotatable bonds is 2. The lowest BCUT2D eigenvalue weighted by Crippen LogP contribution is -2.46. The van der Waals surface area contributed by atoms with Crippen LogP contribution in [0.25, 0.3) is 0 Å². The van der Waals surface area contributed by atoms with Crippen molar-refractivity contribution in [3.8, 4) is 0 Å². The second-order valence-corrected chi connectivity index (χ2v) is 5.79. The number of ether oxygens (including phenoxy) is 1. The zero-order chi connectivity index (χ0) is 14.0. The first-order valence-corrected chi connectivity index (χ1v) is 7.05. The van der Waals surface area contributed by atoms with Gasteiger partial charge in [-0.05, 0) is 34.3 Å². The zero-order valence-electron chi connectivity index (χ0n) is 11.1. The maximum absolute atomic E-state index is 12.5. The molecule has 2 atom stereocenters. The number of hydrogen-bond donors (Lipinski definition) is 1. The van der Waals surface area contributed by atoms with E-state index < -0.39 is 0 Å². The molecule has 1 aliphatic heterocycles. The topological polar surface area (TPSA) is 68.5 Å². The second-order valence-electron chi connectivity index (χ2n) is 4.88. The summed E-state index contributed by atoms with van der Waals surface area (Å²) in [6, 6.07) is 1.71. The van der Waals surface area contributed by atoms with E-state index in [9.17, 15) is 4.79 Å². The quantitative estimate of drug-likeness (QED) is 0.901. The van der Waals surface area contributed by atoms with E-state index in [1.807, 2.05) is 0 Å². The van der Waals surface area contributed by atoms with Crippen LogP contribution in [0, 0.1) is 5.92 Å². The van der Waals surface area contributed by atoms with Gasteiger partial charge in [-0.25, -0.2) is 4.98 Å². The average Bonchev–Trinajstić information content (AvgIpc) is 2.41. The molecule has 0 radical (unpaired) electrons. The molecule has 1 aliphatic rings. The van der Waals surface area contributed by atoms with Crippen LogP contribution in [-0.2, 0) is 4.74 Å². The molecule has 1 aromatic heterocycles. The minimum atomic E-state index is -0.0831. The highest BCUT2D eigenvalue weighted by molar-refractivity contribution is 9.10. The van der Waals surface area contributed by atoms with Gasteiger partial charge in [0.1, 0.15) is 5.82 Å². The van der Waals surface area contributed by atoms with Crippen molar-refractivity contribution in [3.05, 3.63) is 22.3 Å². The number of nitrogens with zero attached hydrogens (tertiary/aromatic N) is 2. The van der Waals surface area contributed by atoms with Gasteiger partial charge in [-0.2, -0.15) is 0 Å². The van der Waals surface area contributed by atoms with E-state index in [0.717, 1.165) is 17.4 Å². The molecule has 0 aromatic carbocycles. The predicted octanol–water partition coefficient (Wildman–Crippen LogP) is 1.92. The summed E-state index contributed by atoms with van der Waals surface area (Å²) in [6.07, 6.45) is 2.60. The molecule has 2 unspecified atom stereocenters. The molecular weight excluding hydrogens is 310 g/mol. The van der Waals surface area contributed by atoms with E-state index >= 15 is 0 Å². The fourth-order valence-corrected chi connectivity index (χ4v) is 2.65. The molecule has 0 bridgehead atoms. The molecule has 2 heterocycles. The number of halogens is 1. The smallest absolute Gasteiger partial charge is 0.257 e. The number of nitrogen functional groups attached to an aromatic ring is 1. The number of methoxy groups -OCH3 is 1. The Labute approximate surface area is 121 Å². The molecule has 1 fully saturated rings. The molecule has 0 spiro atoms. The van der Waals surface area contributed by atoms with Crippen molar-refractivity contribution in [1.82, 2.24) is 9.88 Å². The third-order valence-electron chi connectivity index (χ3n) is 3.59. The predicted molar refractivity (Wildman–Crippen MR) is 76.8 cm³/mol. The fourth-order valence-electron chi connectivity index (χ4n) is 2.32. The van der Waals surface area contributed by atoms with Crippen LogP contribution >= 0.6 is 15.9 Å². The van der Waals surface area contributed by atoms with Gasteiger partial charge in [0.05, 0.1) is 11.7 Å². The number of amides is 1. The van der Waals surface area contributed by atoms with Crippen LogP contribution in [0.1, 0.15) is 23.7 Å². The van der Waals surface area contributed by atoms with E-state index in [2.05, 4.69) is 27.8 Å². The molecule has 1 amide bonds. The Morgan fingerprint density at radius 2 is 2.37 bits per heavy atom. The average molecular weight is 328 g/mol. The Morgan fingerprint density at radius 3 is 3.05 bits per heavy atom. The summed E-state index contributed by atoms with van der Waals surface area (Å²) in [5.74, 6) is 0.646. The van der Waals surface area contributed by atoms with Crippen LogP contribution in [0.5, 0.6) is 0 Å². The first kappa shape index (κ1) is 14.3. The maximum atomic E-state index is 12.5. The van der Waals surface area contributed by atoms with Gasteiger partial charge in [0.25, 0.3) is 5.91 Å². The van der Waals surface area contributed by atoms with E-state index in [-0.39, 0.29) is 17.8 Å². The molecule has 2 rings (SSSR count). The van der Waals surface area contributed by atoms with Crippen LogP contribution in [0.4, 0.5) is 5.82 Å². The standard InChI is InChI=1S/C13H18BrN3O2/c1-8-3-4-17(7-11(8)19-2)13(18)10-5-9(14)6-16-12(10)15/h5-6,8,11H,3-4,7H2,1-2H3,(H2,15,16). The zero-order valence-corrected chi connectivity index (χ0v) is 12.7. The van der Waals surface area contributed by atoms with Crippen molar-refractivity contribution in [3.63, 3.8) is 0 Å². The minimum absolute atomic E-state index is 0.0824. The molecule has 0 saturated carbocycles. The molecule has 104 valence electrons. The first-order chi connectivity index (χ1) is 9.02. The van der Waals surface area contributed by atoms with Crippen LogP contribution in [0.15, 0.2) is 16.7 Å². The lowest BCUT2D eigenvalue weighted by atomic mass is 9.95. The normalized spacial score (nSPS) is 23.4. The van der Waals surface area contributed by atoms with E-state index in [1.165, 1.54) is 0 Å². The van der Waals surface area contributed by atoms with Gasteiger partial charge in [-0.15, -0.1) is 0 Å². The molecule has 5 nitrogen and oxygen atoms in total. The number of likely N-dealkylation sites (tertiary alicyclic amines) is 1. The third kappa shape index (κ3) is 3.06. The number of piperidine rings is 1.